The number of benzene rings is 1. The number of nitrogens with zero attached hydrogens (tertiary/aromatic N) is 1. The van der Waals surface area contributed by atoms with E-state index in [1.54, 1.807) is 6.92 Å². The number of anilines is 1. The maximum absolute atomic E-state index is 12.7. The number of amides is 1. The van der Waals surface area contributed by atoms with Crippen molar-refractivity contribution in [2.45, 2.75) is 44.4 Å². The van der Waals surface area contributed by atoms with E-state index in [1.165, 1.54) is 18.4 Å². The number of esters is 2. The number of methoxy groups -OCH3 is 1. The third-order valence-electron chi connectivity index (χ3n) is 5.41. The first-order valence-corrected chi connectivity index (χ1v) is 10.9. The van der Waals surface area contributed by atoms with Crippen LogP contribution in [0.2, 0.25) is 0 Å². The fourth-order valence-corrected chi connectivity index (χ4v) is 5.16. The average Bonchev–Trinajstić information content (AvgIpc) is 3.14. The molecule has 1 aliphatic carbocycles. The quantitative estimate of drug-likeness (QED) is 0.657. The lowest BCUT2D eigenvalue weighted by Gasteiger charge is -2.31. The Hall–Kier alpha value is -3.18. The summed E-state index contributed by atoms with van der Waals surface area (Å²) in [6.45, 7) is 1.94. The van der Waals surface area contributed by atoms with Crippen LogP contribution in [0.3, 0.4) is 0 Å². The third kappa shape index (κ3) is 4.78. The molecule has 0 aliphatic heterocycles. The highest BCUT2D eigenvalue weighted by Gasteiger charge is 2.40. The summed E-state index contributed by atoms with van der Waals surface area (Å²) in [4.78, 5) is 37.3. The number of nitriles is 1. The monoisotopic (exact) mass is 440 g/mol. The number of hydrogen-bond acceptors (Lipinski definition) is 7. The number of rotatable bonds is 7. The van der Waals surface area contributed by atoms with Gasteiger partial charge in [0, 0.05) is 17.7 Å². The molecule has 2 aromatic rings. The maximum Gasteiger partial charge on any atom is 0.341 e. The van der Waals surface area contributed by atoms with Crippen molar-refractivity contribution in [1.29, 1.82) is 5.26 Å². The molecule has 7 nitrogen and oxygen atoms in total. The van der Waals surface area contributed by atoms with Gasteiger partial charge in [-0.15, -0.1) is 11.3 Å². The van der Waals surface area contributed by atoms with Gasteiger partial charge in [-0.05, 0) is 30.9 Å². The van der Waals surface area contributed by atoms with E-state index in [1.807, 2.05) is 30.3 Å². The molecule has 8 heteroatoms. The van der Waals surface area contributed by atoms with Crippen LogP contribution in [0.4, 0.5) is 5.00 Å². The van der Waals surface area contributed by atoms with Gasteiger partial charge in [-0.2, -0.15) is 5.26 Å². The number of ether oxygens (including phenoxy) is 2. The first kappa shape index (κ1) is 22.5. The smallest absolute Gasteiger partial charge is 0.341 e. The van der Waals surface area contributed by atoms with Crippen LogP contribution in [0, 0.1) is 11.3 Å². The summed E-state index contributed by atoms with van der Waals surface area (Å²) in [5.41, 5.74) is 1.44. The molecule has 1 aromatic heterocycles. The zero-order chi connectivity index (χ0) is 22.4. The number of fused-ring (bicyclic) bond motifs is 1. The lowest BCUT2D eigenvalue weighted by atomic mass is 9.70. The predicted molar refractivity (Wildman–Crippen MR) is 116 cm³/mol. The van der Waals surface area contributed by atoms with Gasteiger partial charge in [-0.3, -0.25) is 9.59 Å². The number of thiophene rings is 1. The summed E-state index contributed by atoms with van der Waals surface area (Å²) in [5, 5.41) is 13.2. The molecule has 0 bridgehead atoms. The summed E-state index contributed by atoms with van der Waals surface area (Å²) < 4.78 is 9.80. The minimum absolute atomic E-state index is 0.0479. The summed E-state index contributed by atoms with van der Waals surface area (Å²) in [7, 11) is 1.26. The standard InChI is InChI=1S/C23H24N2O5S/c1-3-30-22(28)20-16-11-12-23(14-24,15-7-5-4-6-8-15)13-17(16)31-21(20)25-18(26)9-10-19(27)29-2/h4-8H,3,9-13H2,1-2H3,(H,25,26)/t23-/m0/s1. The van der Waals surface area contributed by atoms with E-state index >= 15 is 0 Å². The van der Waals surface area contributed by atoms with Gasteiger partial charge in [-0.25, -0.2) is 4.79 Å². The van der Waals surface area contributed by atoms with E-state index < -0.39 is 17.4 Å². The maximum atomic E-state index is 12.7. The molecule has 3 rings (SSSR count). The minimum atomic E-state index is -0.683. The van der Waals surface area contributed by atoms with Crippen molar-refractivity contribution in [2.24, 2.45) is 0 Å². The molecule has 0 radical (unpaired) electrons. The second-order valence-corrected chi connectivity index (χ2v) is 8.39. The van der Waals surface area contributed by atoms with E-state index in [9.17, 15) is 19.6 Å². The Morgan fingerprint density at radius 2 is 1.97 bits per heavy atom. The summed E-state index contributed by atoms with van der Waals surface area (Å²) in [6.07, 6.45) is 1.45. The molecule has 162 valence electrons. The molecule has 0 saturated carbocycles. The summed E-state index contributed by atoms with van der Waals surface area (Å²) in [5.74, 6) is -1.36. The molecule has 0 saturated heterocycles. The van der Waals surface area contributed by atoms with Gasteiger partial charge in [0.2, 0.25) is 5.91 Å². The SMILES string of the molecule is CCOC(=O)c1c(NC(=O)CCC(=O)OC)sc2c1CC[C@](C#N)(c1ccccc1)C2. The highest BCUT2D eigenvalue weighted by atomic mass is 32.1. The van der Waals surface area contributed by atoms with Crippen LogP contribution in [0.5, 0.6) is 0 Å². The van der Waals surface area contributed by atoms with E-state index in [4.69, 9.17) is 4.74 Å². The van der Waals surface area contributed by atoms with Crippen LogP contribution in [-0.4, -0.2) is 31.6 Å². The molecule has 1 heterocycles. The Morgan fingerprint density at radius 3 is 2.61 bits per heavy atom. The van der Waals surface area contributed by atoms with Crippen molar-refractivity contribution in [3.63, 3.8) is 0 Å². The van der Waals surface area contributed by atoms with Crippen molar-refractivity contribution in [3.8, 4) is 6.07 Å². The zero-order valence-electron chi connectivity index (χ0n) is 17.5. The van der Waals surface area contributed by atoms with Gasteiger partial charge in [0.15, 0.2) is 0 Å². The van der Waals surface area contributed by atoms with Crippen molar-refractivity contribution in [2.75, 3.05) is 19.0 Å². The second kappa shape index (κ2) is 9.75. The van der Waals surface area contributed by atoms with Gasteiger partial charge in [0.25, 0.3) is 0 Å². The van der Waals surface area contributed by atoms with Gasteiger partial charge in [-0.1, -0.05) is 30.3 Å². The number of hydrogen-bond donors (Lipinski definition) is 1. The molecule has 1 aromatic carbocycles. The van der Waals surface area contributed by atoms with Crippen molar-refractivity contribution in [1.82, 2.24) is 0 Å². The third-order valence-corrected chi connectivity index (χ3v) is 6.56. The molecule has 0 unspecified atom stereocenters. The first-order valence-electron chi connectivity index (χ1n) is 10.1. The van der Waals surface area contributed by atoms with Crippen LogP contribution in [0.15, 0.2) is 30.3 Å². The first-order chi connectivity index (χ1) is 14.9. The van der Waals surface area contributed by atoms with Crippen molar-refractivity contribution < 1.29 is 23.9 Å². The van der Waals surface area contributed by atoms with E-state index in [2.05, 4.69) is 16.1 Å². The highest BCUT2D eigenvalue weighted by molar-refractivity contribution is 7.17. The van der Waals surface area contributed by atoms with E-state index in [0.717, 1.165) is 16.0 Å². The molecular weight excluding hydrogens is 416 g/mol. The molecule has 0 fully saturated rings. The minimum Gasteiger partial charge on any atom is -0.469 e. The average molecular weight is 441 g/mol. The van der Waals surface area contributed by atoms with Crippen molar-refractivity contribution in [3.05, 3.63) is 51.9 Å². The van der Waals surface area contributed by atoms with Crippen LogP contribution in [0.25, 0.3) is 0 Å². The Labute approximate surface area is 185 Å². The van der Waals surface area contributed by atoms with Crippen LogP contribution in [0.1, 0.15) is 52.5 Å². The molecule has 1 aliphatic rings. The van der Waals surface area contributed by atoms with Crippen LogP contribution in [-0.2, 0) is 37.3 Å². The second-order valence-electron chi connectivity index (χ2n) is 7.29. The molecule has 1 N–H and O–H groups in total. The lowest BCUT2D eigenvalue weighted by molar-refractivity contribution is -0.141. The largest absolute Gasteiger partial charge is 0.469 e. The van der Waals surface area contributed by atoms with Gasteiger partial charge in [0.1, 0.15) is 5.00 Å². The summed E-state index contributed by atoms with van der Waals surface area (Å²) >= 11 is 1.30. The lowest BCUT2D eigenvalue weighted by Crippen LogP contribution is -2.31. The normalized spacial score (nSPS) is 17.2. The fourth-order valence-electron chi connectivity index (χ4n) is 3.80. The van der Waals surface area contributed by atoms with E-state index in [0.29, 0.717) is 29.8 Å². The van der Waals surface area contributed by atoms with Crippen LogP contribution >= 0.6 is 11.3 Å². The zero-order valence-corrected chi connectivity index (χ0v) is 18.3. The molecule has 1 atom stereocenters. The highest BCUT2D eigenvalue weighted by Crippen LogP contribution is 2.45. The van der Waals surface area contributed by atoms with E-state index in [-0.39, 0.29) is 25.4 Å². The number of carbonyl (C=O) groups is 3. The number of nitrogens with one attached hydrogen (secondary N) is 1. The molecule has 31 heavy (non-hydrogen) atoms. The van der Waals surface area contributed by atoms with Crippen LogP contribution < -0.4 is 5.32 Å². The van der Waals surface area contributed by atoms with Gasteiger partial charge >= 0.3 is 11.9 Å². The predicted octanol–water partition coefficient (Wildman–Crippen LogP) is 3.77. The topological polar surface area (TPSA) is 105 Å². The van der Waals surface area contributed by atoms with Gasteiger partial charge < -0.3 is 14.8 Å². The van der Waals surface area contributed by atoms with Crippen molar-refractivity contribution >= 4 is 34.2 Å². The Morgan fingerprint density at radius 1 is 1.23 bits per heavy atom. The fraction of sp³-hybridized carbons (Fsp3) is 0.391. The Balaban J connectivity index is 1.93. The summed E-state index contributed by atoms with van der Waals surface area (Å²) in [6, 6.07) is 12.1. The Kier molecular flexibility index (Phi) is 7.08. The molecule has 0 spiro atoms. The molecular formula is C23H24N2O5S. The number of carbonyl (C=O) groups excluding carboxylic acids is 3. The Bertz CT molecular complexity index is 1020. The van der Waals surface area contributed by atoms with Gasteiger partial charge in [0.05, 0.1) is 37.2 Å². The molecule has 1 amide bonds.